The molecule has 0 fully saturated rings. The molecule has 0 spiro atoms. The summed E-state index contributed by atoms with van der Waals surface area (Å²) in [6, 6.07) is 15.0. The van der Waals surface area contributed by atoms with Crippen molar-refractivity contribution in [3.63, 3.8) is 0 Å². The molecule has 1 atom stereocenters. The minimum atomic E-state index is -0.838. The summed E-state index contributed by atoms with van der Waals surface area (Å²) in [6.45, 7) is 0. The monoisotopic (exact) mass is 411 g/mol. The second-order valence-corrected chi connectivity index (χ2v) is 6.05. The first-order valence-electron chi connectivity index (χ1n) is 6.26. The molecule has 1 heterocycles. The van der Waals surface area contributed by atoms with Gasteiger partial charge < -0.3 is 5.11 Å². The van der Waals surface area contributed by atoms with Gasteiger partial charge in [-0.05, 0) is 52.4 Å². The van der Waals surface area contributed by atoms with Crippen LogP contribution in [-0.2, 0) is 0 Å². The first-order valence-corrected chi connectivity index (χ1v) is 7.71. The third-order valence-electron chi connectivity index (χ3n) is 3.12. The molecule has 106 valence electrons. The highest BCUT2D eigenvalue weighted by atomic mass is 127. The number of para-hydroxylation sites is 1. The summed E-state index contributed by atoms with van der Waals surface area (Å²) in [4.78, 5) is 0. The van der Waals surface area contributed by atoms with Crippen molar-refractivity contribution in [3.05, 3.63) is 74.6 Å². The fourth-order valence-electron chi connectivity index (χ4n) is 2.05. The van der Waals surface area contributed by atoms with Crippen molar-refractivity contribution >= 4 is 34.2 Å². The molecule has 0 radical (unpaired) electrons. The van der Waals surface area contributed by atoms with Crippen molar-refractivity contribution in [2.45, 2.75) is 6.10 Å². The lowest BCUT2D eigenvalue weighted by Gasteiger charge is -2.13. The summed E-state index contributed by atoms with van der Waals surface area (Å²) in [6.07, 6.45) is 0.721. The number of aliphatic hydroxyl groups excluding tert-OH is 1. The van der Waals surface area contributed by atoms with Gasteiger partial charge >= 0.3 is 0 Å². The molecule has 3 aromatic rings. The van der Waals surface area contributed by atoms with E-state index in [0.717, 1.165) is 9.26 Å². The van der Waals surface area contributed by atoms with Gasteiger partial charge in [-0.3, -0.25) is 0 Å². The predicted octanol–water partition coefficient (Wildman–Crippen LogP) is 3.61. The zero-order valence-electron chi connectivity index (χ0n) is 10.8. The van der Waals surface area contributed by atoms with Crippen molar-refractivity contribution in [2.24, 2.45) is 0 Å². The molecule has 0 saturated carbocycles. The lowest BCUT2D eigenvalue weighted by atomic mass is 10.1. The van der Waals surface area contributed by atoms with Gasteiger partial charge in [0.2, 0.25) is 0 Å². The second kappa shape index (κ2) is 6.13. The molecule has 1 N–H and O–H groups in total. The molecule has 0 aliphatic heterocycles. The van der Waals surface area contributed by atoms with Crippen LogP contribution in [0.25, 0.3) is 5.69 Å². The Morgan fingerprint density at radius 3 is 2.62 bits per heavy atom. The highest BCUT2D eigenvalue weighted by Crippen LogP contribution is 2.27. The minimum absolute atomic E-state index is 0.596. The molecule has 0 aliphatic carbocycles. The largest absolute Gasteiger partial charge is 0.382 e. The van der Waals surface area contributed by atoms with Crippen LogP contribution < -0.4 is 0 Å². The van der Waals surface area contributed by atoms with E-state index in [1.165, 1.54) is 0 Å². The van der Waals surface area contributed by atoms with Crippen LogP contribution in [0.4, 0.5) is 0 Å². The molecule has 0 saturated heterocycles. The number of benzene rings is 2. The molecule has 1 aromatic heterocycles. The summed E-state index contributed by atoms with van der Waals surface area (Å²) in [5, 5.41) is 19.1. The summed E-state index contributed by atoms with van der Waals surface area (Å²) in [5.41, 5.74) is 2.15. The van der Waals surface area contributed by atoms with Crippen LogP contribution in [0.3, 0.4) is 0 Å². The highest BCUT2D eigenvalue weighted by Gasteiger charge is 2.18. The average molecular weight is 412 g/mol. The van der Waals surface area contributed by atoms with Crippen molar-refractivity contribution < 1.29 is 5.11 Å². The number of halogens is 2. The minimum Gasteiger partial charge on any atom is -0.382 e. The van der Waals surface area contributed by atoms with Gasteiger partial charge in [0.1, 0.15) is 6.10 Å². The SMILES string of the molecule is OC(c1ccc(I)c(Cl)c1)c1cnnn1-c1ccccc1. The molecule has 1 unspecified atom stereocenters. The number of aromatic nitrogens is 3. The number of hydrogen-bond donors (Lipinski definition) is 1. The molecule has 0 amide bonds. The Kier molecular flexibility index (Phi) is 4.23. The molecular weight excluding hydrogens is 401 g/mol. The second-order valence-electron chi connectivity index (χ2n) is 4.48. The first kappa shape index (κ1) is 14.5. The van der Waals surface area contributed by atoms with Crippen molar-refractivity contribution in [2.75, 3.05) is 0 Å². The summed E-state index contributed by atoms with van der Waals surface area (Å²) in [5.74, 6) is 0. The third kappa shape index (κ3) is 2.95. The zero-order chi connectivity index (χ0) is 14.8. The topological polar surface area (TPSA) is 50.9 Å². The van der Waals surface area contributed by atoms with E-state index in [0.29, 0.717) is 16.3 Å². The van der Waals surface area contributed by atoms with Gasteiger partial charge in [-0.25, -0.2) is 4.68 Å². The fraction of sp³-hybridized carbons (Fsp3) is 0.0667. The number of rotatable bonds is 3. The predicted molar refractivity (Wildman–Crippen MR) is 89.6 cm³/mol. The lowest BCUT2D eigenvalue weighted by molar-refractivity contribution is 0.212. The Morgan fingerprint density at radius 1 is 1.14 bits per heavy atom. The lowest BCUT2D eigenvalue weighted by Crippen LogP contribution is -2.08. The number of nitrogens with zero attached hydrogens (tertiary/aromatic N) is 3. The van der Waals surface area contributed by atoms with Crippen LogP contribution in [0, 0.1) is 3.57 Å². The third-order valence-corrected chi connectivity index (χ3v) is 4.69. The van der Waals surface area contributed by atoms with Gasteiger partial charge in [0.15, 0.2) is 0 Å². The first-order chi connectivity index (χ1) is 10.2. The Morgan fingerprint density at radius 2 is 1.90 bits per heavy atom. The van der Waals surface area contributed by atoms with Crippen molar-refractivity contribution in [1.29, 1.82) is 0 Å². The van der Waals surface area contributed by atoms with E-state index in [-0.39, 0.29) is 0 Å². The van der Waals surface area contributed by atoms with Crippen LogP contribution in [0.15, 0.2) is 54.7 Å². The molecule has 0 aliphatic rings. The maximum Gasteiger partial charge on any atom is 0.123 e. The van der Waals surface area contributed by atoms with E-state index >= 15 is 0 Å². The van der Waals surface area contributed by atoms with Crippen LogP contribution in [0.1, 0.15) is 17.4 Å². The van der Waals surface area contributed by atoms with Gasteiger partial charge in [-0.2, -0.15) is 0 Å². The molecule has 4 nitrogen and oxygen atoms in total. The Bertz CT molecular complexity index is 761. The van der Waals surface area contributed by atoms with Gasteiger partial charge in [-0.1, -0.05) is 41.1 Å². The van der Waals surface area contributed by atoms with Crippen molar-refractivity contribution in [1.82, 2.24) is 15.0 Å². The summed E-state index contributed by atoms with van der Waals surface area (Å²) < 4.78 is 2.57. The molecule has 21 heavy (non-hydrogen) atoms. The standard InChI is InChI=1S/C15H11ClIN3O/c16-12-8-10(6-7-13(12)17)15(21)14-9-18-19-20(14)11-4-2-1-3-5-11/h1-9,15,21H. The van der Waals surface area contributed by atoms with E-state index in [1.807, 2.05) is 42.5 Å². The van der Waals surface area contributed by atoms with E-state index < -0.39 is 6.10 Å². The quantitative estimate of drug-likeness (QED) is 0.670. The molecule has 2 aromatic carbocycles. The smallest absolute Gasteiger partial charge is 0.123 e. The normalized spacial score (nSPS) is 12.3. The molecule has 3 rings (SSSR count). The van der Waals surface area contributed by atoms with E-state index in [1.54, 1.807) is 16.9 Å². The van der Waals surface area contributed by atoms with Crippen molar-refractivity contribution in [3.8, 4) is 5.69 Å². The summed E-state index contributed by atoms with van der Waals surface area (Å²) in [7, 11) is 0. The van der Waals surface area contributed by atoms with E-state index in [4.69, 9.17) is 11.6 Å². The maximum absolute atomic E-state index is 10.6. The average Bonchev–Trinajstić information content (AvgIpc) is 2.99. The Labute approximate surface area is 140 Å². The molecular formula is C15H11ClIN3O. The number of hydrogen-bond acceptors (Lipinski definition) is 3. The highest BCUT2D eigenvalue weighted by molar-refractivity contribution is 14.1. The van der Waals surface area contributed by atoms with Gasteiger partial charge in [0.25, 0.3) is 0 Å². The van der Waals surface area contributed by atoms with Gasteiger partial charge in [0.05, 0.1) is 22.6 Å². The van der Waals surface area contributed by atoms with Gasteiger partial charge in [0, 0.05) is 3.57 Å². The van der Waals surface area contributed by atoms with E-state index in [9.17, 15) is 5.11 Å². The molecule has 0 bridgehead atoms. The maximum atomic E-state index is 10.6. The van der Waals surface area contributed by atoms with Crippen LogP contribution in [0.2, 0.25) is 5.02 Å². The van der Waals surface area contributed by atoms with Gasteiger partial charge in [-0.15, -0.1) is 5.10 Å². The molecule has 6 heteroatoms. The summed E-state index contributed by atoms with van der Waals surface area (Å²) >= 11 is 8.27. The van der Waals surface area contributed by atoms with E-state index in [2.05, 4.69) is 32.9 Å². The Balaban J connectivity index is 2.01. The van der Waals surface area contributed by atoms with Crippen LogP contribution in [0.5, 0.6) is 0 Å². The van der Waals surface area contributed by atoms with Crippen LogP contribution >= 0.6 is 34.2 Å². The zero-order valence-corrected chi connectivity index (χ0v) is 13.7. The number of aliphatic hydroxyl groups is 1. The Hall–Kier alpha value is -1.44. The van der Waals surface area contributed by atoms with Crippen LogP contribution in [-0.4, -0.2) is 20.1 Å². The fourth-order valence-corrected chi connectivity index (χ4v) is 2.58.